The molecule has 0 aliphatic heterocycles. The molecule has 0 radical (unpaired) electrons. The second kappa shape index (κ2) is 4.83. The first-order chi connectivity index (χ1) is 7.88. The van der Waals surface area contributed by atoms with Crippen LogP contribution in [-0.4, -0.2) is 22.5 Å². The highest BCUT2D eigenvalue weighted by molar-refractivity contribution is 6.32. The maximum atomic E-state index is 10.7. The maximum Gasteiger partial charge on any atom is 0.329 e. The lowest BCUT2D eigenvalue weighted by Gasteiger charge is -2.22. The summed E-state index contributed by atoms with van der Waals surface area (Å²) in [7, 11) is 0. The summed E-state index contributed by atoms with van der Waals surface area (Å²) in [6.07, 6.45) is -1.50. The molecule has 0 unspecified atom stereocenters. The number of anilines is 2. The number of hydrogen-bond acceptors (Lipinski definition) is 6. The topological polar surface area (TPSA) is 125 Å². The number of carbonyl (C=O) groups is 1. The number of aromatic nitrogens is 1. The second-order valence-corrected chi connectivity index (χ2v) is 3.33. The van der Waals surface area contributed by atoms with E-state index >= 15 is 0 Å². The van der Waals surface area contributed by atoms with Crippen LogP contribution in [-0.2, 0) is 0 Å². The number of nitrogens with two attached hydrogens (primary N) is 1. The molecule has 92 valence electrons. The number of carboxylic acid groups (broad SMARTS) is 1. The van der Waals surface area contributed by atoms with Gasteiger partial charge in [0.2, 0.25) is 5.15 Å². The molecule has 1 rings (SSSR count). The highest BCUT2D eigenvalue weighted by Gasteiger charge is 2.21. The van der Waals surface area contributed by atoms with E-state index in [1.165, 1.54) is 0 Å². The van der Waals surface area contributed by atoms with E-state index in [-0.39, 0.29) is 18.1 Å². The Balaban J connectivity index is 3.31. The fourth-order valence-electron chi connectivity index (χ4n) is 1.22. The van der Waals surface area contributed by atoms with Crippen molar-refractivity contribution in [3.8, 4) is 0 Å². The largest absolute Gasteiger partial charge is 0.530 e. The summed E-state index contributed by atoms with van der Waals surface area (Å²) in [5.41, 5.74) is 4.60. The Labute approximate surface area is 101 Å². The molecule has 8 nitrogen and oxygen atoms in total. The Morgan fingerprint density at radius 2 is 2.29 bits per heavy atom. The summed E-state index contributed by atoms with van der Waals surface area (Å²) >= 11 is 5.56. The predicted octanol–water partition coefficient (Wildman–Crippen LogP) is 0.395. The molecule has 0 saturated carbocycles. The molecule has 1 amide bonds. The van der Waals surface area contributed by atoms with Gasteiger partial charge in [-0.2, -0.15) is 0 Å². The molecule has 0 spiro atoms. The Bertz CT molecular complexity index is 456. The molecule has 0 aliphatic rings. The molecule has 9 heteroatoms. The van der Waals surface area contributed by atoms with Gasteiger partial charge in [0, 0.05) is 12.6 Å². The van der Waals surface area contributed by atoms with Crippen LogP contribution in [0.5, 0.6) is 0 Å². The van der Waals surface area contributed by atoms with Gasteiger partial charge in [0.25, 0.3) is 0 Å². The van der Waals surface area contributed by atoms with Crippen LogP contribution in [0.4, 0.5) is 22.0 Å². The summed E-state index contributed by atoms with van der Waals surface area (Å²) in [5.74, 6) is -0.111. The van der Waals surface area contributed by atoms with Crippen molar-refractivity contribution in [2.75, 3.05) is 17.2 Å². The van der Waals surface area contributed by atoms with E-state index in [1.54, 1.807) is 6.92 Å². The Morgan fingerprint density at radius 1 is 1.71 bits per heavy atom. The fourth-order valence-corrected chi connectivity index (χ4v) is 1.48. The molecule has 17 heavy (non-hydrogen) atoms. The zero-order valence-corrected chi connectivity index (χ0v) is 9.47. The molecule has 1 heterocycles. The summed E-state index contributed by atoms with van der Waals surface area (Å²) in [6.45, 7) is 1.60. The van der Waals surface area contributed by atoms with Gasteiger partial charge in [0.15, 0.2) is 0 Å². The minimum atomic E-state index is -1.50. The Morgan fingerprint density at radius 3 is 2.65 bits per heavy atom. The Hall–Kier alpha value is -2.09. The smallest absolute Gasteiger partial charge is 0.329 e. The van der Waals surface area contributed by atoms with Crippen molar-refractivity contribution in [3.05, 3.63) is 21.3 Å². The third-order valence-electron chi connectivity index (χ3n) is 1.96. The van der Waals surface area contributed by atoms with Gasteiger partial charge in [-0.1, -0.05) is 11.6 Å². The highest BCUT2D eigenvalue weighted by atomic mass is 35.5. The third kappa shape index (κ3) is 2.53. The van der Waals surface area contributed by atoms with Crippen LogP contribution in [0.3, 0.4) is 0 Å². The van der Waals surface area contributed by atoms with Gasteiger partial charge in [-0.15, -0.1) is 0 Å². The molecule has 0 fully saturated rings. The van der Waals surface area contributed by atoms with Gasteiger partial charge in [0.05, 0.1) is 4.92 Å². The quantitative estimate of drug-likeness (QED) is 0.475. The van der Waals surface area contributed by atoms with Crippen LogP contribution >= 0.6 is 11.6 Å². The van der Waals surface area contributed by atoms with Crippen LogP contribution in [0.2, 0.25) is 5.15 Å². The molecule has 0 saturated heterocycles. The van der Waals surface area contributed by atoms with E-state index in [4.69, 9.17) is 17.3 Å². The molecule has 0 aliphatic carbocycles. The number of rotatable bonds is 3. The van der Waals surface area contributed by atoms with Gasteiger partial charge in [0.1, 0.15) is 17.6 Å². The normalized spacial score (nSPS) is 10.0. The maximum absolute atomic E-state index is 10.7. The molecule has 1 aromatic rings. The molecular weight excluding hydrogens is 252 g/mol. The van der Waals surface area contributed by atoms with E-state index in [1.807, 2.05) is 0 Å². The minimum absolute atomic E-state index is 0.0584. The summed E-state index contributed by atoms with van der Waals surface area (Å²) in [6, 6.07) is 1.06. The fraction of sp³-hybridized carbons (Fsp3) is 0.250. The van der Waals surface area contributed by atoms with Crippen molar-refractivity contribution < 1.29 is 14.8 Å². The number of nitrogens with zero attached hydrogens (tertiary/aromatic N) is 3. The third-order valence-corrected chi connectivity index (χ3v) is 2.23. The van der Waals surface area contributed by atoms with E-state index in [0.717, 1.165) is 11.0 Å². The molecular formula is C8H8ClN4O4-. The van der Waals surface area contributed by atoms with Crippen LogP contribution in [0, 0.1) is 10.1 Å². The van der Waals surface area contributed by atoms with Crippen molar-refractivity contribution in [2.24, 2.45) is 0 Å². The summed E-state index contributed by atoms with van der Waals surface area (Å²) in [5, 5.41) is 20.8. The number of nitrogen functional groups attached to an aromatic ring is 1. The lowest BCUT2D eigenvalue weighted by atomic mass is 10.3. The summed E-state index contributed by atoms with van der Waals surface area (Å²) in [4.78, 5) is 24.9. The first-order valence-electron chi connectivity index (χ1n) is 4.47. The zero-order valence-electron chi connectivity index (χ0n) is 8.71. The Kier molecular flexibility index (Phi) is 3.69. The number of carbonyl (C=O) groups excluding carboxylic acids is 1. The van der Waals surface area contributed by atoms with Gasteiger partial charge in [-0.3, -0.25) is 10.1 Å². The molecule has 0 bridgehead atoms. The minimum Gasteiger partial charge on any atom is -0.530 e. The lowest BCUT2D eigenvalue weighted by molar-refractivity contribution is -0.384. The molecule has 1 aromatic heterocycles. The van der Waals surface area contributed by atoms with Crippen LogP contribution in [0.1, 0.15) is 6.92 Å². The van der Waals surface area contributed by atoms with Gasteiger partial charge in [-0.25, -0.2) is 4.98 Å². The number of nitro groups is 1. The van der Waals surface area contributed by atoms with Crippen LogP contribution in [0.15, 0.2) is 6.07 Å². The van der Waals surface area contributed by atoms with Crippen LogP contribution in [0.25, 0.3) is 0 Å². The van der Waals surface area contributed by atoms with Crippen molar-refractivity contribution >= 4 is 34.9 Å². The molecule has 0 aromatic carbocycles. The van der Waals surface area contributed by atoms with Crippen molar-refractivity contribution in [2.45, 2.75) is 6.92 Å². The van der Waals surface area contributed by atoms with Crippen LogP contribution < -0.4 is 15.7 Å². The highest BCUT2D eigenvalue weighted by Crippen LogP contribution is 2.32. The number of hydrogen-bond donors (Lipinski definition) is 1. The average molecular weight is 260 g/mol. The van der Waals surface area contributed by atoms with Gasteiger partial charge >= 0.3 is 5.69 Å². The van der Waals surface area contributed by atoms with E-state index in [9.17, 15) is 20.0 Å². The molecule has 0 atom stereocenters. The second-order valence-electron chi connectivity index (χ2n) is 2.98. The zero-order chi connectivity index (χ0) is 13.2. The predicted molar refractivity (Wildman–Crippen MR) is 58.7 cm³/mol. The van der Waals surface area contributed by atoms with Crippen molar-refractivity contribution in [1.29, 1.82) is 0 Å². The number of amides is 1. The standard InChI is InChI=1S/C8H9ClN4O4/c1-2-12(8(14)15)5-3-4(10)6(13(16)17)7(9)11-5/h3H,2H2,1H3,(H2,10,11)(H,14,15)/p-1. The number of halogens is 1. The van der Waals surface area contributed by atoms with E-state index < -0.39 is 21.9 Å². The van der Waals surface area contributed by atoms with Gasteiger partial charge < -0.3 is 20.5 Å². The molecule has 2 N–H and O–H groups in total. The van der Waals surface area contributed by atoms with E-state index in [2.05, 4.69) is 4.98 Å². The number of pyridine rings is 1. The average Bonchev–Trinajstić information content (AvgIpc) is 2.15. The summed E-state index contributed by atoms with van der Waals surface area (Å²) < 4.78 is 0. The van der Waals surface area contributed by atoms with Crippen molar-refractivity contribution in [1.82, 2.24) is 4.98 Å². The van der Waals surface area contributed by atoms with Gasteiger partial charge in [-0.05, 0) is 6.92 Å². The van der Waals surface area contributed by atoms with Crippen molar-refractivity contribution in [3.63, 3.8) is 0 Å². The van der Waals surface area contributed by atoms with E-state index in [0.29, 0.717) is 0 Å². The monoisotopic (exact) mass is 259 g/mol. The SMILES string of the molecule is CCN(C(=O)[O-])c1cc(N)c([N+](=O)[O-])c(Cl)n1. The lowest BCUT2D eigenvalue weighted by Crippen LogP contribution is -2.41. The first kappa shape index (κ1) is 13.0. The first-order valence-corrected chi connectivity index (χ1v) is 4.85.